The third-order valence-electron chi connectivity index (χ3n) is 3.83. The third kappa shape index (κ3) is 3.53. The minimum Gasteiger partial charge on any atom is -0.481 e. The van der Waals surface area contributed by atoms with E-state index in [0.717, 1.165) is 0 Å². The first-order valence-corrected chi connectivity index (χ1v) is 6.45. The molecule has 1 heterocycles. The highest BCUT2D eigenvalue weighted by molar-refractivity contribution is 5.71. The van der Waals surface area contributed by atoms with Crippen LogP contribution >= 0.6 is 0 Å². The fraction of sp³-hybridized carbons (Fsp3) is 0.500. The van der Waals surface area contributed by atoms with Crippen molar-refractivity contribution in [3.8, 4) is 0 Å². The van der Waals surface area contributed by atoms with Crippen LogP contribution in [0.5, 0.6) is 0 Å². The fourth-order valence-corrected chi connectivity index (χ4v) is 2.67. The zero-order valence-electron chi connectivity index (χ0n) is 11.3. The summed E-state index contributed by atoms with van der Waals surface area (Å²) in [5, 5.41) is 8.95. The molecule has 1 aromatic carbocycles. The van der Waals surface area contributed by atoms with Gasteiger partial charge < -0.3 is 5.11 Å². The molecule has 0 spiro atoms. The van der Waals surface area contributed by atoms with Gasteiger partial charge in [0.25, 0.3) is 0 Å². The van der Waals surface area contributed by atoms with Crippen LogP contribution in [-0.4, -0.2) is 35.2 Å². The number of halogens is 4. The Morgan fingerprint density at radius 2 is 2.05 bits per heavy atom. The summed E-state index contributed by atoms with van der Waals surface area (Å²) in [5.74, 6) is -5.16. The molecule has 116 valence electrons. The molecule has 2 rings (SSSR count). The molecule has 1 N–H and O–H groups in total. The molecule has 1 aromatic rings. The van der Waals surface area contributed by atoms with Crippen molar-refractivity contribution in [2.45, 2.75) is 19.6 Å². The molecule has 0 aromatic heterocycles. The zero-order chi connectivity index (χ0) is 15.8. The SMILES string of the molecule is Cc1cc(F)ccc1CN1C[C@@H](C(F)(F)F)[C@H](C(=O)O)C1. The van der Waals surface area contributed by atoms with Crippen molar-refractivity contribution >= 4 is 5.97 Å². The number of benzene rings is 1. The first-order valence-electron chi connectivity index (χ1n) is 6.45. The number of likely N-dealkylation sites (tertiary alicyclic amines) is 1. The molecule has 1 saturated heterocycles. The number of alkyl halides is 3. The topological polar surface area (TPSA) is 40.5 Å². The lowest BCUT2D eigenvalue weighted by molar-refractivity contribution is -0.188. The maximum Gasteiger partial charge on any atom is 0.393 e. The smallest absolute Gasteiger partial charge is 0.393 e. The molecule has 1 aliphatic heterocycles. The maximum atomic E-state index is 13.0. The Labute approximate surface area is 119 Å². The van der Waals surface area contributed by atoms with Gasteiger partial charge in [-0.25, -0.2) is 4.39 Å². The van der Waals surface area contributed by atoms with Gasteiger partial charge in [-0.1, -0.05) is 6.07 Å². The van der Waals surface area contributed by atoms with E-state index in [-0.39, 0.29) is 19.6 Å². The van der Waals surface area contributed by atoms with Crippen molar-refractivity contribution in [3.63, 3.8) is 0 Å². The number of aliphatic carboxylic acids is 1. The first kappa shape index (κ1) is 15.8. The van der Waals surface area contributed by atoms with Crippen LogP contribution in [0.3, 0.4) is 0 Å². The molecule has 2 atom stereocenters. The number of rotatable bonds is 3. The Kier molecular flexibility index (Phi) is 4.22. The van der Waals surface area contributed by atoms with Crippen LogP contribution < -0.4 is 0 Å². The quantitative estimate of drug-likeness (QED) is 0.873. The summed E-state index contributed by atoms with van der Waals surface area (Å²) in [5.41, 5.74) is 1.33. The molecular weight excluding hydrogens is 290 g/mol. The highest BCUT2D eigenvalue weighted by Gasteiger charge is 2.52. The van der Waals surface area contributed by atoms with Gasteiger partial charge in [0, 0.05) is 19.6 Å². The highest BCUT2D eigenvalue weighted by Crippen LogP contribution is 2.38. The minimum absolute atomic E-state index is 0.156. The van der Waals surface area contributed by atoms with Gasteiger partial charge >= 0.3 is 12.1 Å². The molecule has 0 bridgehead atoms. The van der Waals surface area contributed by atoms with Crippen LogP contribution in [0.15, 0.2) is 18.2 Å². The molecule has 0 amide bonds. The van der Waals surface area contributed by atoms with Crippen LogP contribution in [0.1, 0.15) is 11.1 Å². The summed E-state index contributed by atoms with van der Waals surface area (Å²) in [6, 6.07) is 4.07. The second-order valence-electron chi connectivity index (χ2n) is 5.36. The second-order valence-corrected chi connectivity index (χ2v) is 5.36. The standard InChI is InChI=1S/C14H15F4NO2/c1-8-4-10(15)3-2-9(8)5-19-6-11(13(20)21)12(7-19)14(16,17)18/h2-4,11-12H,5-7H2,1H3,(H,20,21)/t11-,12-/m1/s1. The minimum atomic E-state index is -4.53. The average molecular weight is 305 g/mol. The summed E-state index contributed by atoms with van der Waals surface area (Å²) in [6.07, 6.45) is -4.53. The van der Waals surface area contributed by atoms with E-state index in [4.69, 9.17) is 5.11 Å². The van der Waals surface area contributed by atoms with Gasteiger partial charge in [-0.15, -0.1) is 0 Å². The lowest BCUT2D eigenvalue weighted by atomic mass is 9.96. The summed E-state index contributed by atoms with van der Waals surface area (Å²) < 4.78 is 51.6. The number of carboxylic acid groups (broad SMARTS) is 1. The Bertz CT molecular complexity index is 544. The number of hydrogen-bond donors (Lipinski definition) is 1. The summed E-state index contributed by atoms with van der Waals surface area (Å²) in [7, 11) is 0. The number of hydrogen-bond acceptors (Lipinski definition) is 2. The Morgan fingerprint density at radius 1 is 1.38 bits per heavy atom. The predicted octanol–water partition coefficient (Wildman–Crippen LogP) is 2.83. The van der Waals surface area contributed by atoms with E-state index >= 15 is 0 Å². The van der Waals surface area contributed by atoms with Gasteiger partial charge in [-0.2, -0.15) is 13.2 Å². The van der Waals surface area contributed by atoms with E-state index < -0.39 is 29.8 Å². The molecule has 0 aliphatic carbocycles. The summed E-state index contributed by atoms with van der Waals surface area (Å²) >= 11 is 0. The zero-order valence-corrected chi connectivity index (χ0v) is 11.3. The monoisotopic (exact) mass is 305 g/mol. The van der Waals surface area contributed by atoms with Gasteiger partial charge in [-0.05, 0) is 30.2 Å². The molecule has 0 saturated carbocycles. The normalized spacial score (nSPS) is 23.5. The van der Waals surface area contributed by atoms with Crippen molar-refractivity contribution in [3.05, 3.63) is 35.1 Å². The summed E-state index contributed by atoms with van der Waals surface area (Å²) in [4.78, 5) is 12.4. The van der Waals surface area contributed by atoms with Crippen molar-refractivity contribution in [2.75, 3.05) is 13.1 Å². The molecule has 3 nitrogen and oxygen atoms in total. The largest absolute Gasteiger partial charge is 0.481 e. The Morgan fingerprint density at radius 3 is 2.52 bits per heavy atom. The molecule has 0 unspecified atom stereocenters. The second kappa shape index (κ2) is 5.63. The third-order valence-corrected chi connectivity index (χ3v) is 3.83. The van der Waals surface area contributed by atoms with Crippen molar-refractivity contribution < 1.29 is 27.5 Å². The summed E-state index contributed by atoms with van der Waals surface area (Å²) in [6.45, 7) is 1.35. The number of nitrogens with zero attached hydrogens (tertiary/aromatic N) is 1. The Hall–Kier alpha value is -1.63. The van der Waals surface area contributed by atoms with E-state index in [1.807, 2.05) is 0 Å². The van der Waals surface area contributed by atoms with Gasteiger partial charge in [0.15, 0.2) is 0 Å². The first-order chi connectivity index (χ1) is 9.68. The van der Waals surface area contributed by atoms with Crippen molar-refractivity contribution in [2.24, 2.45) is 11.8 Å². The highest BCUT2D eigenvalue weighted by atomic mass is 19.4. The van der Waals surface area contributed by atoms with E-state index in [1.165, 1.54) is 23.1 Å². The molecule has 7 heteroatoms. The van der Waals surface area contributed by atoms with Crippen molar-refractivity contribution in [1.29, 1.82) is 0 Å². The van der Waals surface area contributed by atoms with E-state index in [0.29, 0.717) is 11.1 Å². The Balaban J connectivity index is 2.14. The molecule has 0 radical (unpaired) electrons. The van der Waals surface area contributed by atoms with Gasteiger partial charge in [-0.3, -0.25) is 9.69 Å². The average Bonchev–Trinajstić information content (AvgIpc) is 2.77. The maximum absolute atomic E-state index is 13.0. The van der Waals surface area contributed by atoms with E-state index in [9.17, 15) is 22.4 Å². The van der Waals surface area contributed by atoms with E-state index in [2.05, 4.69) is 0 Å². The lowest BCUT2D eigenvalue weighted by Crippen LogP contribution is -2.33. The van der Waals surface area contributed by atoms with Crippen LogP contribution in [0.25, 0.3) is 0 Å². The molecular formula is C14H15F4NO2. The lowest BCUT2D eigenvalue weighted by Gasteiger charge is -2.19. The predicted molar refractivity (Wildman–Crippen MR) is 67.1 cm³/mol. The van der Waals surface area contributed by atoms with Crippen LogP contribution in [0, 0.1) is 24.6 Å². The molecule has 1 aliphatic rings. The van der Waals surface area contributed by atoms with Crippen LogP contribution in [0.4, 0.5) is 17.6 Å². The van der Waals surface area contributed by atoms with Crippen LogP contribution in [-0.2, 0) is 11.3 Å². The van der Waals surface area contributed by atoms with Gasteiger partial charge in [0.05, 0.1) is 11.8 Å². The van der Waals surface area contributed by atoms with Gasteiger partial charge in [0.2, 0.25) is 0 Å². The number of carboxylic acids is 1. The molecule has 1 fully saturated rings. The number of aryl methyl sites for hydroxylation is 1. The van der Waals surface area contributed by atoms with Crippen molar-refractivity contribution in [1.82, 2.24) is 4.90 Å². The van der Waals surface area contributed by atoms with Gasteiger partial charge in [0.1, 0.15) is 5.82 Å². The molecule has 21 heavy (non-hydrogen) atoms. The number of carbonyl (C=O) groups is 1. The van der Waals surface area contributed by atoms with Crippen LogP contribution in [0.2, 0.25) is 0 Å². The van der Waals surface area contributed by atoms with E-state index in [1.54, 1.807) is 6.92 Å². The fourth-order valence-electron chi connectivity index (χ4n) is 2.67.